The Hall–Kier alpha value is -4.38. The minimum atomic E-state index is -0.515. The molecule has 0 N–H and O–H groups in total. The Balaban J connectivity index is 1.52. The van der Waals surface area contributed by atoms with Gasteiger partial charge in [0.2, 0.25) is 5.95 Å². The van der Waals surface area contributed by atoms with E-state index < -0.39 is 4.92 Å². The van der Waals surface area contributed by atoms with E-state index in [9.17, 15) is 14.9 Å². The average Bonchev–Trinajstić information content (AvgIpc) is 2.89. The maximum Gasteiger partial charge on any atom is 0.270 e. The Kier molecular flexibility index (Phi) is 6.06. The number of rotatable bonds is 6. The standard InChI is InChI=1S/C24H23N7O4/c1-35-19-5-2-4-17(14-19)30-22(27-21-7-6-18(31(33)34)15-20(21)23(30)32)16-28-10-12-29(13-11-28)24-25-8-3-9-26-24/h2-9,14-15H,10-13,16H2,1H3. The van der Waals surface area contributed by atoms with Gasteiger partial charge in [-0.1, -0.05) is 6.07 Å². The Bertz CT molecular complexity index is 1430. The molecule has 2 aromatic carbocycles. The third-order valence-electron chi connectivity index (χ3n) is 6.02. The first-order chi connectivity index (χ1) is 17.0. The van der Waals surface area contributed by atoms with Crippen LogP contribution in [0.3, 0.4) is 0 Å². The summed E-state index contributed by atoms with van der Waals surface area (Å²) >= 11 is 0. The number of ether oxygens (including phenoxy) is 1. The van der Waals surface area contributed by atoms with Crippen molar-refractivity contribution < 1.29 is 9.66 Å². The molecule has 5 rings (SSSR count). The fourth-order valence-electron chi connectivity index (χ4n) is 4.22. The molecule has 0 amide bonds. The molecule has 1 aliphatic rings. The first-order valence-corrected chi connectivity index (χ1v) is 11.1. The zero-order chi connectivity index (χ0) is 24.4. The van der Waals surface area contributed by atoms with Gasteiger partial charge < -0.3 is 9.64 Å². The van der Waals surface area contributed by atoms with Crippen LogP contribution in [-0.4, -0.2) is 62.6 Å². The molecule has 1 aliphatic heterocycles. The molecule has 35 heavy (non-hydrogen) atoms. The van der Waals surface area contributed by atoms with Crippen LogP contribution >= 0.6 is 0 Å². The lowest BCUT2D eigenvalue weighted by atomic mass is 10.2. The monoisotopic (exact) mass is 473 g/mol. The average molecular weight is 473 g/mol. The first kappa shape index (κ1) is 22.4. The molecule has 0 saturated carbocycles. The van der Waals surface area contributed by atoms with Gasteiger partial charge in [-0.25, -0.2) is 15.0 Å². The van der Waals surface area contributed by atoms with Crippen molar-refractivity contribution in [3.05, 3.63) is 87.2 Å². The molecule has 11 nitrogen and oxygen atoms in total. The molecule has 0 atom stereocenters. The van der Waals surface area contributed by atoms with Crippen LogP contribution in [0.15, 0.2) is 65.7 Å². The van der Waals surface area contributed by atoms with Crippen LogP contribution < -0.4 is 15.2 Å². The Morgan fingerprint density at radius 3 is 2.51 bits per heavy atom. The number of non-ortho nitro benzene ring substituents is 1. The fraction of sp³-hybridized carbons (Fsp3) is 0.250. The van der Waals surface area contributed by atoms with Gasteiger partial charge in [-0.2, -0.15) is 0 Å². The van der Waals surface area contributed by atoms with Crippen LogP contribution in [0.2, 0.25) is 0 Å². The molecule has 0 aliphatic carbocycles. The van der Waals surface area contributed by atoms with Crippen LogP contribution in [0.1, 0.15) is 5.82 Å². The lowest BCUT2D eigenvalue weighted by Crippen LogP contribution is -2.47. The molecule has 2 aromatic heterocycles. The molecule has 0 unspecified atom stereocenters. The highest BCUT2D eigenvalue weighted by atomic mass is 16.6. The van der Waals surface area contributed by atoms with E-state index in [2.05, 4.69) is 19.8 Å². The van der Waals surface area contributed by atoms with E-state index in [1.165, 1.54) is 22.8 Å². The van der Waals surface area contributed by atoms with Crippen LogP contribution in [0.25, 0.3) is 16.6 Å². The molecule has 11 heteroatoms. The van der Waals surface area contributed by atoms with Crippen molar-refractivity contribution in [3.63, 3.8) is 0 Å². The van der Waals surface area contributed by atoms with Gasteiger partial charge >= 0.3 is 0 Å². The van der Waals surface area contributed by atoms with Crippen molar-refractivity contribution in [3.8, 4) is 11.4 Å². The lowest BCUT2D eigenvalue weighted by Gasteiger charge is -2.34. The number of hydrogen-bond acceptors (Lipinski definition) is 9. The number of methoxy groups -OCH3 is 1. The van der Waals surface area contributed by atoms with Gasteiger partial charge in [0.05, 0.1) is 35.2 Å². The lowest BCUT2D eigenvalue weighted by molar-refractivity contribution is -0.384. The zero-order valence-corrected chi connectivity index (χ0v) is 19.1. The van der Waals surface area contributed by atoms with Gasteiger partial charge in [0, 0.05) is 56.8 Å². The predicted octanol–water partition coefficient (Wildman–Crippen LogP) is 2.41. The highest BCUT2D eigenvalue weighted by Crippen LogP contribution is 2.22. The number of nitrogens with zero attached hydrogens (tertiary/aromatic N) is 7. The van der Waals surface area contributed by atoms with Crippen molar-refractivity contribution in [2.75, 3.05) is 38.2 Å². The minimum Gasteiger partial charge on any atom is -0.497 e. The summed E-state index contributed by atoms with van der Waals surface area (Å²) in [4.78, 5) is 42.1. The van der Waals surface area contributed by atoms with Gasteiger partial charge in [-0.05, 0) is 24.3 Å². The Morgan fingerprint density at radius 1 is 1.03 bits per heavy atom. The molecule has 3 heterocycles. The molecule has 178 valence electrons. The third kappa shape index (κ3) is 4.53. The SMILES string of the molecule is COc1cccc(-n2c(CN3CCN(c4ncccn4)CC3)nc3ccc([N+](=O)[O-])cc3c2=O)c1. The second-order valence-electron chi connectivity index (χ2n) is 8.14. The van der Waals surface area contributed by atoms with Gasteiger partial charge in [0.25, 0.3) is 11.2 Å². The predicted molar refractivity (Wildman–Crippen MR) is 130 cm³/mol. The molecule has 1 fully saturated rings. The highest BCUT2D eigenvalue weighted by molar-refractivity contribution is 5.80. The number of benzene rings is 2. The van der Waals surface area contributed by atoms with Gasteiger partial charge in [-0.3, -0.25) is 24.4 Å². The van der Waals surface area contributed by atoms with Crippen LogP contribution in [-0.2, 0) is 6.54 Å². The molecule has 0 radical (unpaired) electrons. The van der Waals surface area contributed by atoms with Crippen molar-refractivity contribution >= 4 is 22.5 Å². The molecule has 0 bridgehead atoms. The Labute approximate surface area is 200 Å². The third-order valence-corrected chi connectivity index (χ3v) is 6.02. The van der Waals surface area contributed by atoms with E-state index >= 15 is 0 Å². The van der Waals surface area contributed by atoms with E-state index in [0.717, 1.165) is 26.2 Å². The smallest absolute Gasteiger partial charge is 0.270 e. The second-order valence-corrected chi connectivity index (χ2v) is 8.14. The molecular formula is C24H23N7O4. The summed E-state index contributed by atoms with van der Waals surface area (Å²) < 4.78 is 6.86. The number of hydrogen-bond donors (Lipinski definition) is 0. The summed E-state index contributed by atoms with van der Waals surface area (Å²) in [6.45, 7) is 3.40. The van der Waals surface area contributed by atoms with Gasteiger partial charge in [0.15, 0.2) is 0 Å². The largest absolute Gasteiger partial charge is 0.497 e. The fourth-order valence-corrected chi connectivity index (χ4v) is 4.22. The van der Waals surface area contributed by atoms with Crippen LogP contribution in [0.4, 0.5) is 11.6 Å². The van der Waals surface area contributed by atoms with Gasteiger partial charge in [-0.15, -0.1) is 0 Å². The number of nitro benzene ring substituents is 1. The minimum absolute atomic E-state index is 0.152. The Morgan fingerprint density at radius 2 is 1.80 bits per heavy atom. The van der Waals surface area contributed by atoms with Crippen molar-refractivity contribution in [1.82, 2.24) is 24.4 Å². The van der Waals surface area contributed by atoms with E-state index in [0.29, 0.717) is 35.3 Å². The molecule has 4 aromatic rings. The van der Waals surface area contributed by atoms with Crippen LogP contribution in [0.5, 0.6) is 5.75 Å². The zero-order valence-electron chi connectivity index (χ0n) is 19.1. The highest BCUT2D eigenvalue weighted by Gasteiger charge is 2.22. The summed E-state index contributed by atoms with van der Waals surface area (Å²) in [7, 11) is 1.56. The quantitative estimate of drug-likeness (QED) is 0.307. The second kappa shape index (κ2) is 9.47. The summed E-state index contributed by atoms with van der Waals surface area (Å²) in [5, 5.41) is 11.5. The van der Waals surface area contributed by atoms with E-state index in [1.54, 1.807) is 49.8 Å². The van der Waals surface area contributed by atoms with Crippen molar-refractivity contribution in [2.24, 2.45) is 0 Å². The summed E-state index contributed by atoms with van der Waals surface area (Å²) in [6, 6.07) is 13.1. The first-order valence-electron chi connectivity index (χ1n) is 11.1. The van der Waals surface area contributed by atoms with Crippen molar-refractivity contribution in [2.45, 2.75) is 6.54 Å². The number of fused-ring (bicyclic) bond motifs is 1. The number of nitro groups is 1. The summed E-state index contributed by atoms with van der Waals surface area (Å²) in [6.07, 6.45) is 3.45. The normalized spacial score (nSPS) is 14.3. The van der Waals surface area contributed by atoms with Gasteiger partial charge in [0.1, 0.15) is 11.6 Å². The maximum atomic E-state index is 13.6. The number of aromatic nitrogens is 4. The van der Waals surface area contributed by atoms with Crippen molar-refractivity contribution in [1.29, 1.82) is 0 Å². The number of anilines is 1. The summed E-state index contributed by atoms with van der Waals surface area (Å²) in [5.74, 6) is 1.84. The molecular weight excluding hydrogens is 450 g/mol. The van der Waals surface area contributed by atoms with E-state index in [-0.39, 0.29) is 16.6 Å². The van der Waals surface area contributed by atoms with E-state index in [1.807, 2.05) is 0 Å². The molecule has 0 spiro atoms. The topological polar surface area (TPSA) is 120 Å². The number of piperazine rings is 1. The summed E-state index contributed by atoms with van der Waals surface area (Å²) in [5.41, 5.74) is 0.492. The maximum absolute atomic E-state index is 13.6. The van der Waals surface area contributed by atoms with Crippen LogP contribution in [0, 0.1) is 10.1 Å². The molecule has 1 saturated heterocycles. The van der Waals surface area contributed by atoms with E-state index in [4.69, 9.17) is 9.72 Å².